The average Bonchev–Trinajstić information content (AvgIpc) is 2.35. The molecular formula is C19H32N2. The molecule has 0 aliphatic heterocycles. The molecule has 0 aromatic heterocycles. The lowest BCUT2D eigenvalue weighted by atomic mass is 9.75. The van der Waals surface area contributed by atoms with E-state index in [4.69, 9.17) is 0 Å². The van der Waals surface area contributed by atoms with Gasteiger partial charge >= 0.3 is 0 Å². The summed E-state index contributed by atoms with van der Waals surface area (Å²) in [6.07, 6.45) is 5.18. The highest BCUT2D eigenvalue weighted by Crippen LogP contribution is 2.37. The molecule has 118 valence electrons. The highest BCUT2D eigenvalue weighted by atomic mass is 15.2. The van der Waals surface area contributed by atoms with Gasteiger partial charge in [-0.05, 0) is 50.8 Å². The van der Waals surface area contributed by atoms with Crippen molar-refractivity contribution in [2.75, 3.05) is 20.6 Å². The van der Waals surface area contributed by atoms with E-state index >= 15 is 0 Å². The van der Waals surface area contributed by atoms with Gasteiger partial charge in [-0.2, -0.15) is 0 Å². The first-order valence-corrected chi connectivity index (χ1v) is 8.28. The highest BCUT2D eigenvalue weighted by Gasteiger charge is 2.39. The Morgan fingerprint density at radius 2 is 1.76 bits per heavy atom. The summed E-state index contributed by atoms with van der Waals surface area (Å²) in [5.41, 5.74) is 2.13. The molecule has 2 heteroatoms. The van der Waals surface area contributed by atoms with E-state index in [1.165, 1.54) is 31.2 Å². The Labute approximate surface area is 130 Å². The minimum atomic E-state index is 0.332. The quantitative estimate of drug-likeness (QED) is 0.842. The summed E-state index contributed by atoms with van der Waals surface area (Å²) in [6.45, 7) is 8.08. The van der Waals surface area contributed by atoms with Gasteiger partial charge in [0.15, 0.2) is 0 Å². The molecule has 1 unspecified atom stereocenters. The zero-order chi connectivity index (χ0) is 15.5. The van der Waals surface area contributed by atoms with Crippen LogP contribution in [0.1, 0.15) is 58.1 Å². The fourth-order valence-electron chi connectivity index (χ4n) is 3.29. The summed E-state index contributed by atoms with van der Waals surface area (Å²) in [4.78, 5) is 2.42. The second kappa shape index (κ2) is 6.50. The van der Waals surface area contributed by atoms with Crippen molar-refractivity contribution in [3.63, 3.8) is 0 Å². The Bertz CT molecular complexity index is 427. The Morgan fingerprint density at radius 1 is 1.14 bits per heavy atom. The number of likely N-dealkylation sites (N-methyl/N-ethyl adjacent to an activating group) is 1. The van der Waals surface area contributed by atoms with Crippen LogP contribution in [-0.2, 0) is 0 Å². The van der Waals surface area contributed by atoms with Crippen molar-refractivity contribution < 1.29 is 0 Å². The third-order valence-corrected chi connectivity index (χ3v) is 4.93. The van der Waals surface area contributed by atoms with E-state index in [-0.39, 0.29) is 0 Å². The molecule has 0 saturated heterocycles. The zero-order valence-corrected chi connectivity index (χ0v) is 14.4. The van der Waals surface area contributed by atoms with Gasteiger partial charge in [-0.1, -0.05) is 51.1 Å². The summed E-state index contributed by atoms with van der Waals surface area (Å²) < 4.78 is 0. The lowest BCUT2D eigenvalue weighted by molar-refractivity contribution is 0.0553. The van der Waals surface area contributed by atoms with Crippen molar-refractivity contribution in [2.45, 2.75) is 58.0 Å². The van der Waals surface area contributed by atoms with E-state index < -0.39 is 0 Å². The molecule has 1 aromatic carbocycles. The second-order valence-corrected chi connectivity index (χ2v) is 8.08. The molecular weight excluding hydrogens is 256 g/mol. The second-order valence-electron chi connectivity index (χ2n) is 8.08. The van der Waals surface area contributed by atoms with E-state index in [9.17, 15) is 0 Å². The fourth-order valence-corrected chi connectivity index (χ4v) is 3.29. The van der Waals surface area contributed by atoms with E-state index in [1.54, 1.807) is 0 Å². The largest absolute Gasteiger partial charge is 0.308 e. The summed E-state index contributed by atoms with van der Waals surface area (Å²) in [5.74, 6) is 0. The Kier molecular flexibility index (Phi) is 5.11. The van der Waals surface area contributed by atoms with E-state index in [2.05, 4.69) is 75.4 Å². The van der Waals surface area contributed by atoms with Crippen molar-refractivity contribution in [3.8, 4) is 0 Å². The van der Waals surface area contributed by atoms with Crippen molar-refractivity contribution in [2.24, 2.45) is 5.41 Å². The Hall–Kier alpha value is -0.860. The minimum Gasteiger partial charge on any atom is -0.308 e. The van der Waals surface area contributed by atoms with Gasteiger partial charge in [0, 0.05) is 18.1 Å². The number of rotatable bonds is 6. The van der Waals surface area contributed by atoms with Gasteiger partial charge in [-0.25, -0.2) is 0 Å². The third-order valence-electron chi connectivity index (χ3n) is 4.93. The van der Waals surface area contributed by atoms with Gasteiger partial charge in [0.1, 0.15) is 0 Å². The molecule has 1 atom stereocenters. The normalized spacial score (nSPS) is 19.3. The van der Waals surface area contributed by atoms with Crippen LogP contribution in [0.4, 0.5) is 0 Å². The number of benzene rings is 1. The van der Waals surface area contributed by atoms with Crippen molar-refractivity contribution in [1.29, 1.82) is 0 Å². The Balaban J connectivity index is 2.06. The first-order valence-electron chi connectivity index (χ1n) is 8.28. The number of nitrogens with zero attached hydrogens (tertiary/aromatic N) is 1. The molecule has 0 spiro atoms. The van der Waals surface area contributed by atoms with Gasteiger partial charge in [0.2, 0.25) is 0 Å². The van der Waals surface area contributed by atoms with E-state index in [1.807, 2.05) is 0 Å². The Morgan fingerprint density at radius 3 is 2.19 bits per heavy atom. The van der Waals surface area contributed by atoms with E-state index in [0.29, 0.717) is 17.0 Å². The molecule has 1 aliphatic carbocycles. The third kappa shape index (κ3) is 4.31. The fraction of sp³-hybridized carbons (Fsp3) is 0.684. The number of hydrogen-bond donors (Lipinski definition) is 1. The maximum Gasteiger partial charge on any atom is 0.0328 e. The van der Waals surface area contributed by atoms with Crippen LogP contribution in [0.2, 0.25) is 0 Å². The van der Waals surface area contributed by atoms with E-state index in [0.717, 1.165) is 6.54 Å². The standard InChI is InChI=1S/C19H32N2/c1-18(2,3)14-17(16-10-7-6-8-11-16)20-15-19(21(4)5)12-9-13-19/h6-8,10-11,17,20H,9,12-15H2,1-5H3. The van der Waals surface area contributed by atoms with Crippen LogP contribution < -0.4 is 5.32 Å². The first kappa shape index (κ1) is 16.5. The molecule has 1 fully saturated rings. The van der Waals surface area contributed by atoms with Gasteiger partial charge in [0.25, 0.3) is 0 Å². The van der Waals surface area contributed by atoms with Crippen molar-refractivity contribution >= 4 is 0 Å². The van der Waals surface area contributed by atoms with Crippen molar-refractivity contribution in [3.05, 3.63) is 35.9 Å². The maximum absolute atomic E-state index is 3.88. The van der Waals surface area contributed by atoms with Gasteiger partial charge < -0.3 is 10.2 Å². The average molecular weight is 288 g/mol. The molecule has 0 radical (unpaired) electrons. The highest BCUT2D eigenvalue weighted by molar-refractivity contribution is 5.19. The molecule has 2 nitrogen and oxygen atoms in total. The molecule has 0 amide bonds. The first-order chi connectivity index (χ1) is 9.82. The molecule has 1 N–H and O–H groups in total. The molecule has 2 rings (SSSR count). The lowest BCUT2D eigenvalue weighted by Crippen LogP contribution is -2.56. The van der Waals surface area contributed by atoms with Crippen LogP contribution in [0, 0.1) is 5.41 Å². The van der Waals surface area contributed by atoms with Gasteiger partial charge in [-0.3, -0.25) is 0 Å². The summed E-state index contributed by atoms with van der Waals surface area (Å²) in [7, 11) is 4.45. The van der Waals surface area contributed by atoms with Crippen LogP contribution in [0.25, 0.3) is 0 Å². The van der Waals surface area contributed by atoms with Crippen LogP contribution >= 0.6 is 0 Å². The molecule has 1 aromatic rings. The predicted octanol–water partition coefficient (Wildman–Crippen LogP) is 4.24. The maximum atomic E-state index is 3.88. The predicted molar refractivity (Wildman–Crippen MR) is 91.5 cm³/mol. The minimum absolute atomic E-state index is 0.332. The number of nitrogens with one attached hydrogen (secondary N) is 1. The van der Waals surface area contributed by atoms with Crippen molar-refractivity contribution in [1.82, 2.24) is 10.2 Å². The monoisotopic (exact) mass is 288 g/mol. The smallest absolute Gasteiger partial charge is 0.0328 e. The summed E-state index contributed by atoms with van der Waals surface area (Å²) >= 11 is 0. The lowest BCUT2D eigenvalue weighted by Gasteiger charge is -2.48. The number of hydrogen-bond acceptors (Lipinski definition) is 2. The van der Waals surface area contributed by atoms with Gasteiger partial charge in [0.05, 0.1) is 0 Å². The zero-order valence-electron chi connectivity index (χ0n) is 14.4. The molecule has 0 heterocycles. The molecule has 1 saturated carbocycles. The topological polar surface area (TPSA) is 15.3 Å². The molecule has 1 aliphatic rings. The van der Waals surface area contributed by atoms with Gasteiger partial charge in [-0.15, -0.1) is 0 Å². The van der Waals surface area contributed by atoms with Crippen LogP contribution in [0.3, 0.4) is 0 Å². The SMILES string of the molecule is CN(C)C1(CNC(CC(C)(C)C)c2ccccc2)CCC1. The van der Waals surface area contributed by atoms with Crippen LogP contribution in [0.15, 0.2) is 30.3 Å². The van der Waals surface area contributed by atoms with Crippen LogP contribution in [0.5, 0.6) is 0 Å². The van der Waals surface area contributed by atoms with Crippen LogP contribution in [-0.4, -0.2) is 31.1 Å². The summed E-state index contributed by atoms with van der Waals surface area (Å²) in [5, 5.41) is 3.88. The summed E-state index contributed by atoms with van der Waals surface area (Å²) in [6, 6.07) is 11.4. The molecule has 21 heavy (non-hydrogen) atoms. The molecule has 0 bridgehead atoms.